The van der Waals surface area contributed by atoms with Crippen LogP contribution in [0.3, 0.4) is 0 Å². The van der Waals surface area contributed by atoms with E-state index in [1.807, 2.05) is 0 Å². The molecule has 0 saturated carbocycles. The molecule has 1 rings (SSSR count). The van der Waals surface area contributed by atoms with Gasteiger partial charge < -0.3 is 9.47 Å². The molecule has 1 fully saturated rings. The van der Waals surface area contributed by atoms with Crippen LogP contribution in [0.15, 0.2) is 0 Å². The van der Waals surface area contributed by atoms with E-state index >= 15 is 0 Å². The van der Waals surface area contributed by atoms with Gasteiger partial charge in [-0.1, -0.05) is 40.5 Å². The number of hydrogen-bond acceptors (Lipinski definition) is 2. The van der Waals surface area contributed by atoms with Crippen LogP contribution < -0.4 is 0 Å². The predicted octanol–water partition coefficient (Wildman–Crippen LogP) is 4.57. The van der Waals surface area contributed by atoms with Crippen LogP contribution in [0.5, 0.6) is 0 Å². The maximum Gasteiger partial charge on any atom is 0.0837 e. The minimum absolute atomic E-state index is 0.0482. The molecule has 1 aliphatic rings. The van der Waals surface area contributed by atoms with Crippen LogP contribution in [0.1, 0.15) is 73.1 Å². The van der Waals surface area contributed by atoms with Crippen molar-refractivity contribution in [3.63, 3.8) is 0 Å². The highest BCUT2D eigenvalue weighted by Crippen LogP contribution is 2.34. The fourth-order valence-corrected chi connectivity index (χ4v) is 2.92. The van der Waals surface area contributed by atoms with E-state index < -0.39 is 0 Å². The molecule has 2 atom stereocenters. The van der Waals surface area contributed by atoms with Crippen molar-refractivity contribution in [1.29, 1.82) is 0 Å². The highest BCUT2D eigenvalue weighted by Gasteiger charge is 2.37. The second-order valence-corrected chi connectivity index (χ2v) is 5.90. The molecule has 0 aliphatic carbocycles. The van der Waals surface area contributed by atoms with Crippen LogP contribution in [0, 0.1) is 5.92 Å². The Hall–Kier alpha value is -0.0800. The van der Waals surface area contributed by atoms with Gasteiger partial charge >= 0.3 is 0 Å². The van der Waals surface area contributed by atoms with E-state index in [1.165, 1.54) is 19.3 Å². The van der Waals surface area contributed by atoms with E-state index in [-0.39, 0.29) is 5.60 Å². The topological polar surface area (TPSA) is 21.8 Å². The average Bonchev–Trinajstić information content (AvgIpc) is 3.18. The van der Waals surface area contributed by atoms with Crippen molar-refractivity contribution in [1.82, 2.24) is 0 Å². The van der Waals surface area contributed by atoms with E-state index in [2.05, 4.69) is 34.6 Å². The third-order valence-electron chi connectivity index (χ3n) is 4.56. The standard InChI is InChI=1S/C16H32O2/c1-6-14(7-2)10-13(5)18-16(8-3,9-4)11-15-12-17-15/h13-15H,6-12H2,1-5H3. The molecule has 0 aromatic heterocycles. The first kappa shape index (κ1) is 16.0. The largest absolute Gasteiger partial charge is 0.373 e. The monoisotopic (exact) mass is 256 g/mol. The van der Waals surface area contributed by atoms with Crippen molar-refractivity contribution < 1.29 is 9.47 Å². The van der Waals surface area contributed by atoms with Crippen molar-refractivity contribution >= 4 is 0 Å². The van der Waals surface area contributed by atoms with Crippen LogP contribution in [-0.2, 0) is 9.47 Å². The van der Waals surface area contributed by atoms with Crippen molar-refractivity contribution in [3.05, 3.63) is 0 Å². The van der Waals surface area contributed by atoms with Gasteiger partial charge in [0.2, 0.25) is 0 Å². The fourth-order valence-electron chi connectivity index (χ4n) is 2.92. The molecule has 18 heavy (non-hydrogen) atoms. The van der Waals surface area contributed by atoms with Gasteiger partial charge in [0.1, 0.15) is 0 Å². The Balaban J connectivity index is 2.47. The number of rotatable bonds is 10. The lowest BCUT2D eigenvalue weighted by atomic mass is 9.90. The minimum Gasteiger partial charge on any atom is -0.373 e. The summed E-state index contributed by atoms with van der Waals surface area (Å²) in [6, 6.07) is 0. The van der Waals surface area contributed by atoms with Gasteiger partial charge in [-0.15, -0.1) is 0 Å². The van der Waals surface area contributed by atoms with Crippen molar-refractivity contribution in [2.24, 2.45) is 5.92 Å². The molecule has 1 saturated heterocycles. The SMILES string of the molecule is CCC(CC)CC(C)OC(CC)(CC)CC1CO1. The van der Waals surface area contributed by atoms with E-state index in [0.717, 1.165) is 31.8 Å². The smallest absolute Gasteiger partial charge is 0.0837 e. The molecule has 0 amide bonds. The molecule has 0 aromatic rings. The maximum absolute atomic E-state index is 6.44. The first-order valence-electron chi connectivity index (χ1n) is 7.88. The van der Waals surface area contributed by atoms with Gasteiger partial charge in [0, 0.05) is 6.42 Å². The Morgan fingerprint density at radius 3 is 2.11 bits per heavy atom. The zero-order valence-corrected chi connectivity index (χ0v) is 13.0. The van der Waals surface area contributed by atoms with E-state index in [1.54, 1.807) is 0 Å². The zero-order chi connectivity index (χ0) is 13.6. The fraction of sp³-hybridized carbons (Fsp3) is 1.00. The highest BCUT2D eigenvalue weighted by molar-refractivity contribution is 4.87. The number of epoxide rings is 1. The Morgan fingerprint density at radius 2 is 1.72 bits per heavy atom. The third kappa shape index (κ3) is 4.89. The Labute approximate surface area is 113 Å². The van der Waals surface area contributed by atoms with Crippen molar-refractivity contribution in [2.45, 2.75) is 91.0 Å². The quantitative estimate of drug-likeness (QED) is 0.534. The summed E-state index contributed by atoms with van der Waals surface area (Å²) in [5, 5.41) is 0. The Morgan fingerprint density at radius 1 is 1.17 bits per heavy atom. The summed E-state index contributed by atoms with van der Waals surface area (Å²) in [7, 11) is 0. The first-order chi connectivity index (χ1) is 8.59. The van der Waals surface area contributed by atoms with Crippen LogP contribution in [0.4, 0.5) is 0 Å². The van der Waals surface area contributed by atoms with E-state index in [9.17, 15) is 0 Å². The second-order valence-electron chi connectivity index (χ2n) is 5.90. The summed E-state index contributed by atoms with van der Waals surface area (Å²) in [4.78, 5) is 0. The third-order valence-corrected chi connectivity index (χ3v) is 4.56. The molecule has 108 valence electrons. The normalized spacial score (nSPS) is 21.3. The molecule has 0 radical (unpaired) electrons. The van der Waals surface area contributed by atoms with Crippen LogP contribution >= 0.6 is 0 Å². The van der Waals surface area contributed by atoms with Gasteiger partial charge in [-0.05, 0) is 32.1 Å². The van der Waals surface area contributed by atoms with Gasteiger partial charge in [-0.3, -0.25) is 0 Å². The molecule has 1 aliphatic heterocycles. The van der Waals surface area contributed by atoms with Gasteiger partial charge in [-0.25, -0.2) is 0 Å². The molecule has 0 spiro atoms. The molecule has 0 N–H and O–H groups in total. The summed E-state index contributed by atoms with van der Waals surface area (Å²) in [5.74, 6) is 0.809. The van der Waals surface area contributed by atoms with Crippen LogP contribution in [0.25, 0.3) is 0 Å². The van der Waals surface area contributed by atoms with Crippen molar-refractivity contribution in [3.8, 4) is 0 Å². The molecule has 2 nitrogen and oxygen atoms in total. The first-order valence-corrected chi connectivity index (χ1v) is 7.88. The summed E-state index contributed by atoms with van der Waals surface area (Å²) < 4.78 is 11.8. The van der Waals surface area contributed by atoms with Crippen LogP contribution in [0.2, 0.25) is 0 Å². The van der Waals surface area contributed by atoms with Gasteiger partial charge in [0.25, 0.3) is 0 Å². The van der Waals surface area contributed by atoms with Crippen LogP contribution in [-0.4, -0.2) is 24.4 Å². The predicted molar refractivity (Wildman–Crippen MR) is 76.9 cm³/mol. The lowest BCUT2D eigenvalue weighted by Crippen LogP contribution is -2.37. The van der Waals surface area contributed by atoms with E-state index in [0.29, 0.717) is 12.2 Å². The maximum atomic E-state index is 6.44. The zero-order valence-electron chi connectivity index (χ0n) is 13.0. The average molecular weight is 256 g/mol. The molecule has 2 unspecified atom stereocenters. The van der Waals surface area contributed by atoms with Gasteiger partial charge in [-0.2, -0.15) is 0 Å². The molecule has 2 heteroatoms. The molecular weight excluding hydrogens is 224 g/mol. The Bertz CT molecular complexity index is 215. The lowest BCUT2D eigenvalue weighted by molar-refractivity contribution is -0.107. The highest BCUT2D eigenvalue weighted by atomic mass is 16.6. The van der Waals surface area contributed by atoms with E-state index in [4.69, 9.17) is 9.47 Å². The molecular formula is C16H32O2. The van der Waals surface area contributed by atoms with Gasteiger partial charge in [0.05, 0.1) is 24.4 Å². The molecule has 0 aromatic carbocycles. The summed E-state index contributed by atoms with van der Waals surface area (Å²) in [6.45, 7) is 12.2. The number of hydrogen-bond donors (Lipinski definition) is 0. The Kier molecular flexibility index (Phi) is 6.65. The van der Waals surface area contributed by atoms with Gasteiger partial charge in [0.15, 0.2) is 0 Å². The summed E-state index contributed by atoms with van der Waals surface area (Å²) in [5.41, 5.74) is 0.0482. The minimum atomic E-state index is 0.0482. The summed E-state index contributed by atoms with van der Waals surface area (Å²) >= 11 is 0. The second kappa shape index (κ2) is 7.49. The number of ether oxygens (including phenoxy) is 2. The lowest BCUT2D eigenvalue weighted by Gasteiger charge is -2.35. The molecule has 1 heterocycles. The summed E-state index contributed by atoms with van der Waals surface area (Å²) in [6.07, 6.45) is 7.82. The molecule has 0 bridgehead atoms. The van der Waals surface area contributed by atoms with Crippen molar-refractivity contribution in [2.75, 3.05) is 6.61 Å².